The standard InChI is InChI=1S/C11H20ClN3/c1-3-13-7-5-4-6-8-15-10(2)11(12)9-14-15/h9,13H,3-8H2,1-2H3. The average Bonchev–Trinajstić information content (AvgIpc) is 2.54. The van der Waals surface area contributed by atoms with Crippen molar-refractivity contribution in [2.45, 2.75) is 39.7 Å². The van der Waals surface area contributed by atoms with Gasteiger partial charge in [-0.05, 0) is 32.9 Å². The van der Waals surface area contributed by atoms with Gasteiger partial charge in [-0.1, -0.05) is 24.9 Å². The topological polar surface area (TPSA) is 29.9 Å². The molecule has 0 aliphatic heterocycles. The molecule has 0 radical (unpaired) electrons. The van der Waals surface area contributed by atoms with Crippen LogP contribution >= 0.6 is 11.6 Å². The van der Waals surface area contributed by atoms with Gasteiger partial charge in [0.05, 0.1) is 16.9 Å². The third-order valence-electron chi connectivity index (χ3n) is 2.52. The number of hydrogen-bond acceptors (Lipinski definition) is 2. The number of unbranched alkanes of at least 4 members (excludes halogenated alkanes) is 2. The Hall–Kier alpha value is -0.540. The van der Waals surface area contributed by atoms with E-state index < -0.39 is 0 Å². The lowest BCUT2D eigenvalue weighted by Crippen LogP contribution is -2.14. The first-order valence-electron chi connectivity index (χ1n) is 5.64. The maximum Gasteiger partial charge on any atom is 0.0814 e. The van der Waals surface area contributed by atoms with Crippen molar-refractivity contribution in [1.29, 1.82) is 0 Å². The summed E-state index contributed by atoms with van der Waals surface area (Å²) in [6, 6.07) is 0. The van der Waals surface area contributed by atoms with Crippen LogP contribution in [0.5, 0.6) is 0 Å². The number of aromatic nitrogens is 2. The fourth-order valence-electron chi connectivity index (χ4n) is 1.51. The first-order valence-corrected chi connectivity index (χ1v) is 6.02. The molecule has 0 saturated heterocycles. The van der Waals surface area contributed by atoms with Crippen LogP contribution < -0.4 is 5.32 Å². The number of aryl methyl sites for hydroxylation is 1. The van der Waals surface area contributed by atoms with Crippen molar-refractivity contribution in [1.82, 2.24) is 15.1 Å². The highest BCUT2D eigenvalue weighted by Crippen LogP contribution is 2.13. The molecule has 1 aromatic heterocycles. The minimum Gasteiger partial charge on any atom is -0.317 e. The third kappa shape index (κ3) is 4.22. The lowest BCUT2D eigenvalue weighted by atomic mass is 10.2. The van der Waals surface area contributed by atoms with Crippen LogP contribution in [0.2, 0.25) is 5.02 Å². The summed E-state index contributed by atoms with van der Waals surface area (Å²) in [5, 5.41) is 8.30. The lowest BCUT2D eigenvalue weighted by Gasteiger charge is -2.04. The van der Waals surface area contributed by atoms with Gasteiger partial charge in [-0.3, -0.25) is 4.68 Å². The molecule has 0 aliphatic rings. The molecule has 1 rings (SSSR count). The van der Waals surface area contributed by atoms with Crippen molar-refractivity contribution in [2.75, 3.05) is 13.1 Å². The van der Waals surface area contributed by atoms with Gasteiger partial charge in [-0.25, -0.2) is 0 Å². The van der Waals surface area contributed by atoms with E-state index in [9.17, 15) is 0 Å². The zero-order chi connectivity index (χ0) is 11.1. The van der Waals surface area contributed by atoms with Crippen LogP contribution in [0.1, 0.15) is 31.9 Å². The first kappa shape index (κ1) is 12.5. The normalized spacial score (nSPS) is 10.9. The van der Waals surface area contributed by atoms with Crippen molar-refractivity contribution in [3.05, 3.63) is 16.9 Å². The summed E-state index contributed by atoms with van der Waals surface area (Å²) in [5.41, 5.74) is 1.07. The maximum absolute atomic E-state index is 5.92. The van der Waals surface area contributed by atoms with Crippen LogP contribution in [0.15, 0.2) is 6.20 Å². The van der Waals surface area contributed by atoms with Crippen molar-refractivity contribution in [2.24, 2.45) is 0 Å². The molecule has 1 aromatic rings. The predicted molar refractivity (Wildman–Crippen MR) is 64.4 cm³/mol. The molecule has 3 nitrogen and oxygen atoms in total. The number of hydrogen-bond donors (Lipinski definition) is 1. The molecule has 0 bridgehead atoms. The van der Waals surface area contributed by atoms with E-state index in [2.05, 4.69) is 17.3 Å². The van der Waals surface area contributed by atoms with Gasteiger partial charge in [0, 0.05) is 6.54 Å². The summed E-state index contributed by atoms with van der Waals surface area (Å²) >= 11 is 5.92. The van der Waals surface area contributed by atoms with Crippen LogP contribution in [0.3, 0.4) is 0 Å². The summed E-state index contributed by atoms with van der Waals surface area (Å²) in [7, 11) is 0. The first-order chi connectivity index (χ1) is 7.25. The Balaban J connectivity index is 2.12. The quantitative estimate of drug-likeness (QED) is 0.729. The molecule has 1 N–H and O–H groups in total. The van der Waals surface area contributed by atoms with E-state index in [0.717, 1.165) is 30.4 Å². The smallest absolute Gasteiger partial charge is 0.0814 e. The van der Waals surface area contributed by atoms with Crippen LogP contribution in [-0.2, 0) is 6.54 Å². The van der Waals surface area contributed by atoms with E-state index in [1.807, 2.05) is 11.6 Å². The van der Waals surface area contributed by atoms with Crippen molar-refractivity contribution < 1.29 is 0 Å². The minimum absolute atomic E-state index is 0.766. The van der Waals surface area contributed by atoms with Crippen LogP contribution in [0.4, 0.5) is 0 Å². The number of halogens is 1. The molecule has 86 valence electrons. The highest BCUT2D eigenvalue weighted by atomic mass is 35.5. The van der Waals surface area contributed by atoms with E-state index in [4.69, 9.17) is 11.6 Å². The SMILES string of the molecule is CCNCCCCCn1ncc(Cl)c1C. The van der Waals surface area contributed by atoms with Gasteiger partial charge in [0.2, 0.25) is 0 Å². The van der Waals surface area contributed by atoms with E-state index in [1.54, 1.807) is 6.20 Å². The van der Waals surface area contributed by atoms with Gasteiger partial charge >= 0.3 is 0 Å². The molecule has 0 amide bonds. The molecular weight excluding hydrogens is 210 g/mol. The van der Waals surface area contributed by atoms with Crippen molar-refractivity contribution >= 4 is 11.6 Å². The Bertz CT molecular complexity index is 283. The Labute approximate surface area is 96.8 Å². The van der Waals surface area contributed by atoms with E-state index in [-0.39, 0.29) is 0 Å². The predicted octanol–water partition coefficient (Wildman–Crippen LogP) is 2.62. The molecular formula is C11H20ClN3. The third-order valence-corrected chi connectivity index (χ3v) is 2.89. The minimum atomic E-state index is 0.766. The maximum atomic E-state index is 5.92. The van der Waals surface area contributed by atoms with Gasteiger partial charge in [0.25, 0.3) is 0 Å². The van der Waals surface area contributed by atoms with E-state index in [1.165, 1.54) is 19.3 Å². The van der Waals surface area contributed by atoms with Crippen molar-refractivity contribution in [3.63, 3.8) is 0 Å². The molecule has 0 saturated carbocycles. The summed E-state index contributed by atoms with van der Waals surface area (Å²) in [6.45, 7) is 7.30. The molecule has 0 aliphatic carbocycles. The zero-order valence-corrected chi connectivity index (χ0v) is 10.3. The van der Waals surface area contributed by atoms with Gasteiger partial charge in [-0.2, -0.15) is 5.10 Å². The molecule has 0 fully saturated rings. The van der Waals surface area contributed by atoms with E-state index >= 15 is 0 Å². The Kier molecular flexibility index (Phi) is 5.73. The fourth-order valence-corrected chi connectivity index (χ4v) is 1.66. The highest BCUT2D eigenvalue weighted by molar-refractivity contribution is 6.31. The lowest BCUT2D eigenvalue weighted by molar-refractivity contribution is 0.524. The van der Waals surface area contributed by atoms with Gasteiger partial charge in [-0.15, -0.1) is 0 Å². The van der Waals surface area contributed by atoms with Gasteiger partial charge in [0.15, 0.2) is 0 Å². The Morgan fingerprint density at radius 3 is 2.80 bits per heavy atom. The molecule has 4 heteroatoms. The van der Waals surface area contributed by atoms with Crippen LogP contribution in [0, 0.1) is 6.92 Å². The average molecular weight is 230 g/mol. The second-order valence-corrected chi connectivity index (χ2v) is 4.12. The molecule has 0 atom stereocenters. The fraction of sp³-hybridized carbons (Fsp3) is 0.727. The Morgan fingerprint density at radius 1 is 1.40 bits per heavy atom. The summed E-state index contributed by atoms with van der Waals surface area (Å²) in [5.74, 6) is 0. The zero-order valence-electron chi connectivity index (χ0n) is 9.59. The number of rotatable bonds is 7. The van der Waals surface area contributed by atoms with Crippen molar-refractivity contribution in [3.8, 4) is 0 Å². The molecule has 1 heterocycles. The monoisotopic (exact) mass is 229 g/mol. The molecule has 0 aromatic carbocycles. The Morgan fingerprint density at radius 2 is 2.20 bits per heavy atom. The largest absolute Gasteiger partial charge is 0.317 e. The number of nitrogens with zero attached hydrogens (tertiary/aromatic N) is 2. The summed E-state index contributed by atoms with van der Waals surface area (Å²) in [4.78, 5) is 0. The van der Waals surface area contributed by atoms with Gasteiger partial charge in [0.1, 0.15) is 0 Å². The second-order valence-electron chi connectivity index (χ2n) is 3.72. The van der Waals surface area contributed by atoms with Crippen LogP contribution in [-0.4, -0.2) is 22.9 Å². The molecule has 0 spiro atoms. The van der Waals surface area contributed by atoms with Crippen LogP contribution in [0.25, 0.3) is 0 Å². The summed E-state index contributed by atoms with van der Waals surface area (Å²) in [6.07, 6.45) is 5.37. The summed E-state index contributed by atoms with van der Waals surface area (Å²) < 4.78 is 1.98. The van der Waals surface area contributed by atoms with E-state index in [0.29, 0.717) is 0 Å². The molecule has 15 heavy (non-hydrogen) atoms. The number of nitrogens with one attached hydrogen (secondary N) is 1. The van der Waals surface area contributed by atoms with Gasteiger partial charge < -0.3 is 5.32 Å². The molecule has 0 unspecified atom stereocenters. The highest BCUT2D eigenvalue weighted by Gasteiger charge is 2.02. The second kappa shape index (κ2) is 6.85.